The van der Waals surface area contributed by atoms with Crippen LogP contribution in [0.2, 0.25) is 0 Å². The van der Waals surface area contributed by atoms with Crippen LogP contribution in [0, 0.1) is 0 Å². The van der Waals surface area contributed by atoms with Gasteiger partial charge in [0.15, 0.2) is 0 Å². The lowest BCUT2D eigenvalue weighted by atomic mass is 9.77. The highest BCUT2D eigenvalue weighted by Crippen LogP contribution is 2.38. The lowest BCUT2D eigenvalue weighted by Crippen LogP contribution is -2.41. The molecule has 1 fully saturated rings. The van der Waals surface area contributed by atoms with Crippen LogP contribution in [0.15, 0.2) is 29.7 Å². The third kappa shape index (κ3) is 3.26. The molecular formula is C16H22BNO3. The van der Waals surface area contributed by atoms with Crippen molar-refractivity contribution in [2.24, 2.45) is 5.73 Å². The zero-order valence-corrected chi connectivity index (χ0v) is 13.1. The van der Waals surface area contributed by atoms with Crippen molar-refractivity contribution in [2.75, 3.05) is 6.54 Å². The van der Waals surface area contributed by atoms with Crippen LogP contribution in [0.3, 0.4) is 0 Å². The first-order valence-electron chi connectivity index (χ1n) is 7.10. The van der Waals surface area contributed by atoms with E-state index in [1.165, 1.54) is 0 Å². The van der Waals surface area contributed by atoms with E-state index in [4.69, 9.17) is 15.0 Å². The summed E-state index contributed by atoms with van der Waals surface area (Å²) in [5.74, 6) is 0. The van der Waals surface area contributed by atoms with Gasteiger partial charge in [0.2, 0.25) is 0 Å². The molecule has 0 saturated carbocycles. The molecular weight excluding hydrogens is 265 g/mol. The number of hydrogen-bond donors (Lipinski definition) is 1. The summed E-state index contributed by atoms with van der Waals surface area (Å²) >= 11 is 0. The first-order chi connectivity index (χ1) is 9.79. The summed E-state index contributed by atoms with van der Waals surface area (Å²) in [6.45, 7) is 8.41. The van der Waals surface area contributed by atoms with Crippen LogP contribution < -0.4 is 5.73 Å². The lowest BCUT2D eigenvalue weighted by molar-refractivity contribution is 0.00578. The molecule has 1 saturated heterocycles. The van der Waals surface area contributed by atoms with E-state index in [1.807, 2.05) is 45.9 Å². The van der Waals surface area contributed by atoms with Crippen molar-refractivity contribution in [2.45, 2.75) is 38.9 Å². The molecule has 0 bridgehead atoms. The molecule has 2 N–H and O–H groups in total. The van der Waals surface area contributed by atoms with Crippen LogP contribution in [0.25, 0.3) is 6.08 Å². The van der Waals surface area contributed by atoms with E-state index in [2.05, 4.69) is 0 Å². The number of carbonyl (C=O) groups is 1. The molecule has 112 valence electrons. The molecule has 0 aromatic heterocycles. The van der Waals surface area contributed by atoms with Gasteiger partial charge in [-0.3, -0.25) is 4.79 Å². The van der Waals surface area contributed by atoms with E-state index in [0.717, 1.165) is 17.3 Å². The Bertz CT molecular complexity index is 533. The number of benzene rings is 1. The first kappa shape index (κ1) is 16.0. The molecule has 0 atom stereocenters. The molecule has 2 rings (SSSR count). The van der Waals surface area contributed by atoms with E-state index in [1.54, 1.807) is 12.1 Å². The second-order valence-electron chi connectivity index (χ2n) is 6.30. The highest BCUT2D eigenvalue weighted by Gasteiger charge is 2.52. The van der Waals surface area contributed by atoms with Gasteiger partial charge in [-0.15, -0.1) is 0 Å². The van der Waals surface area contributed by atoms with Gasteiger partial charge >= 0.3 is 7.12 Å². The standard InChI is InChI=1S/C16H22BNO3/c1-15(2)16(3,4)21-17(20-15)14(10-18)9-12-5-7-13(11-19)8-6-12/h5-9,11H,10,18H2,1-4H3. The van der Waals surface area contributed by atoms with Crippen LogP contribution in [0.1, 0.15) is 43.6 Å². The van der Waals surface area contributed by atoms with Crippen LogP contribution >= 0.6 is 0 Å². The summed E-state index contributed by atoms with van der Waals surface area (Å²) in [4.78, 5) is 10.7. The maximum absolute atomic E-state index is 10.7. The quantitative estimate of drug-likeness (QED) is 0.682. The van der Waals surface area contributed by atoms with E-state index in [-0.39, 0.29) is 11.2 Å². The molecule has 4 nitrogen and oxygen atoms in total. The third-order valence-corrected chi connectivity index (χ3v) is 4.22. The predicted molar refractivity (Wildman–Crippen MR) is 84.9 cm³/mol. The Morgan fingerprint density at radius 1 is 1.10 bits per heavy atom. The summed E-state index contributed by atoms with van der Waals surface area (Å²) in [5.41, 5.74) is 7.59. The van der Waals surface area contributed by atoms with Gasteiger partial charge in [-0.1, -0.05) is 30.3 Å². The van der Waals surface area contributed by atoms with E-state index < -0.39 is 7.12 Å². The van der Waals surface area contributed by atoms with Crippen molar-refractivity contribution in [3.63, 3.8) is 0 Å². The van der Waals surface area contributed by atoms with Crippen molar-refractivity contribution in [1.82, 2.24) is 0 Å². The van der Waals surface area contributed by atoms with Crippen molar-refractivity contribution < 1.29 is 14.1 Å². The Hall–Kier alpha value is -1.43. The Balaban J connectivity index is 2.23. The Kier molecular flexibility index (Phi) is 4.37. The van der Waals surface area contributed by atoms with Gasteiger partial charge < -0.3 is 15.0 Å². The Morgan fingerprint density at radius 2 is 1.57 bits per heavy atom. The van der Waals surface area contributed by atoms with Crippen molar-refractivity contribution in [3.8, 4) is 0 Å². The van der Waals surface area contributed by atoms with Crippen molar-refractivity contribution in [3.05, 3.63) is 40.9 Å². The fraction of sp³-hybridized carbons (Fsp3) is 0.438. The largest absolute Gasteiger partial charge is 0.491 e. The predicted octanol–water partition coefficient (Wildman–Crippen LogP) is 2.47. The number of hydrogen-bond acceptors (Lipinski definition) is 4. The maximum atomic E-state index is 10.7. The Morgan fingerprint density at radius 3 is 2.00 bits per heavy atom. The average Bonchev–Trinajstić information content (AvgIpc) is 2.65. The van der Waals surface area contributed by atoms with Crippen molar-refractivity contribution in [1.29, 1.82) is 0 Å². The normalized spacial score (nSPS) is 20.6. The van der Waals surface area contributed by atoms with Gasteiger partial charge in [-0.2, -0.15) is 0 Å². The minimum absolute atomic E-state index is 0.353. The molecule has 0 amide bonds. The second-order valence-corrected chi connectivity index (χ2v) is 6.30. The molecule has 0 spiro atoms. The van der Waals surface area contributed by atoms with Gasteiger partial charge in [0.25, 0.3) is 0 Å². The summed E-state index contributed by atoms with van der Waals surface area (Å²) in [7, 11) is -0.439. The third-order valence-electron chi connectivity index (χ3n) is 4.22. The van der Waals surface area contributed by atoms with Gasteiger partial charge in [0.05, 0.1) is 11.2 Å². The zero-order chi connectivity index (χ0) is 15.7. The number of nitrogens with two attached hydrogens (primary N) is 1. The van der Waals surface area contributed by atoms with E-state index >= 15 is 0 Å². The number of rotatable bonds is 4. The molecule has 1 aliphatic heterocycles. The summed E-state index contributed by atoms with van der Waals surface area (Å²) in [6, 6.07) is 7.31. The van der Waals surface area contributed by atoms with Gasteiger partial charge in [0.1, 0.15) is 6.29 Å². The molecule has 1 aromatic rings. The van der Waals surface area contributed by atoms with Crippen molar-refractivity contribution >= 4 is 19.5 Å². The summed E-state index contributed by atoms with van der Waals surface area (Å²) < 4.78 is 12.0. The van der Waals surface area contributed by atoms with Crippen LogP contribution in [0.4, 0.5) is 0 Å². The SMILES string of the molecule is CC1(C)OB(C(=Cc2ccc(C=O)cc2)CN)OC1(C)C. The summed E-state index contributed by atoms with van der Waals surface area (Å²) in [6.07, 6.45) is 2.78. The molecule has 0 radical (unpaired) electrons. The van der Waals surface area contributed by atoms with Gasteiger partial charge in [-0.05, 0) is 38.7 Å². The van der Waals surface area contributed by atoms with E-state index in [0.29, 0.717) is 12.1 Å². The topological polar surface area (TPSA) is 61.5 Å². The smallest absolute Gasteiger partial charge is 0.400 e. The average molecular weight is 287 g/mol. The molecule has 1 aliphatic rings. The minimum atomic E-state index is -0.439. The number of aldehydes is 1. The van der Waals surface area contributed by atoms with Crippen LogP contribution in [-0.4, -0.2) is 31.2 Å². The van der Waals surface area contributed by atoms with Gasteiger partial charge in [-0.25, -0.2) is 0 Å². The maximum Gasteiger partial charge on any atom is 0.491 e. The van der Waals surface area contributed by atoms with E-state index in [9.17, 15) is 4.79 Å². The fourth-order valence-corrected chi connectivity index (χ4v) is 2.10. The highest BCUT2D eigenvalue weighted by molar-refractivity contribution is 6.55. The molecule has 0 unspecified atom stereocenters. The zero-order valence-electron chi connectivity index (χ0n) is 13.1. The highest BCUT2D eigenvalue weighted by atomic mass is 16.7. The molecule has 21 heavy (non-hydrogen) atoms. The molecule has 0 aliphatic carbocycles. The monoisotopic (exact) mass is 287 g/mol. The second kappa shape index (κ2) is 5.75. The Labute approximate surface area is 126 Å². The van der Waals surface area contributed by atoms with Crippen LogP contribution in [-0.2, 0) is 9.31 Å². The lowest BCUT2D eigenvalue weighted by Gasteiger charge is -2.32. The number of carbonyl (C=O) groups excluding carboxylic acids is 1. The van der Waals surface area contributed by atoms with Crippen LogP contribution in [0.5, 0.6) is 0 Å². The molecule has 5 heteroatoms. The summed E-state index contributed by atoms with van der Waals surface area (Å²) in [5, 5.41) is 0. The first-order valence-corrected chi connectivity index (χ1v) is 7.10. The molecule has 1 heterocycles. The minimum Gasteiger partial charge on any atom is -0.400 e. The van der Waals surface area contributed by atoms with Gasteiger partial charge in [0, 0.05) is 12.1 Å². The fourth-order valence-electron chi connectivity index (χ4n) is 2.10. The molecule has 1 aromatic carbocycles.